The van der Waals surface area contributed by atoms with Crippen LogP contribution in [0, 0.1) is 6.92 Å². The van der Waals surface area contributed by atoms with E-state index in [4.69, 9.17) is 21.1 Å². The molecule has 1 aromatic heterocycles. The highest BCUT2D eigenvalue weighted by atomic mass is 35.5. The van der Waals surface area contributed by atoms with E-state index in [0.717, 1.165) is 5.56 Å². The molecule has 0 aliphatic heterocycles. The average molecular weight is 360 g/mol. The second kappa shape index (κ2) is 7.27. The molecule has 5 nitrogen and oxygen atoms in total. The van der Waals surface area contributed by atoms with Crippen LogP contribution in [0.1, 0.15) is 11.3 Å². The molecule has 0 atom stereocenters. The number of hydrogen-bond donors (Lipinski definition) is 3. The van der Waals surface area contributed by atoms with E-state index in [1.165, 1.54) is 6.07 Å². The zero-order valence-corrected chi connectivity index (χ0v) is 14.4. The van der Waals surface area contributed by atoms with Gasteiger partial charge in [-0.2, -0.15) is 0 Å². The smallest absolute Gasteiger partial charge is 0.200 e. The van der Waals surface area contributed by atoms with Crippen LogP contribution >= 0.6 is 11.6 Å². The van der Waals surface area contributed by atoms with Crippen LogP contribution in [0.4, 0.5) is 0 Å². The second-order valence-electron chi connectivity index (χ2n) is 5.71. The summed E-state index contributed by atoms with van der Waals surface area (Å²) in [5.41, 5.74) is 1.89. The van der Waals surface area contributed by atoms with Crippen LogP contribution in [-0.2, 0) is 6.54 Å². The number of halogens is 1. The van der Waals surface area contributed by atoms with Gasteiger partial charge in [-0.25, -0.2) is 0 Å². The molecule has 6 heteroatoms. The number of hydrogen-bond acceptors (Lipinski definition) is 5. The molecule has 0 amide bonds. The van der Waals surface area contributed by atoms with Crippen molar-refractivity contribution in [3.05, 3.63) is 63.0 Å². The van der Waals surface area contributed by atoms with Crippen molar-refractivity contribution < 1.29 is 14.6 Å². The number of phenolic OH excluding ortho intramolecular Hbond substituents is 1. The van der Waals surface area contributed by atoms with Gasteiger partial charge in [-0.15, -0.1) is 0 Å². The average Bonchev–Trinajstić information content (AvgIpc) is 2.58. The molecule has 130 valence electrons. The molecular formula is C19H18ClNO4. The molecule has 0 saturated carbocycles. The number of phenols is 1. The third-order valence-electron chi connectivity index (χ3n) is 4.04. The van der Waals surface area contributed by atoms with Gasteiger partial charge in [0.15, 0.2) is 0 Å². The lowest BCUT2D eigenvalue weighted by molar-refractivity contribution is 0.291. The van der Waals surface area contributed by atoms with Gasteiger partial charge < -0.3 is 19.9 Å². The molecule has 3 N–H and O–H groups in total. The molecular weight excluding hydrogens is 342 g/mol. The molecule has 3 aromatic rings. The number of aliphatic hydroxyl groups is 1. The number of aromatic hydroxyl groups is 1. The SMILES string of the molecule is Cc1oc2c(CNCCO)c(O)ccc2c(=O)c1-c1ccc(Cl)cc1. The van der Waals surface area contributed by atoms with E-state index < -0.39 is 0 Å². The highest BCUT2D eigenvalue weighted by molar-refractivity contribution is 6.30. The standard InChI is InChI=1S/C19H18ClNO4/c1-11-17(12-2-4-13(20)5-3-12)18(24)14-6-7-16(23)15(19(14)25-11)10-21-8-9-22/h2-7,21-23H,8-10H2,1H3. The summed E-state index contributed by atoms with van der Waals surface area (Å²) in [5, 5.41) is 23.0. The lowest BCUT2D eigenvalue weighted by atomic mass is 10.0. The predicted molar refractivity (Wildman–Crippen MR) is 98.1 cm³/mol. The monoisotopic (exact) mass is 359 g/mol. The predicted octanol–water partition coefficient (Wildman–Crippen LogP) is 3.21. The fourth-order valence-electron chi connectivity index (χ4n) is 2.83. The largest absolute Gasteiger partial charge is 0.507 e. The molecule has 0 fully saturated rings. The van der Waals surface area contributed by atoms with E-state index in [0.29, 0.717) is 39.4 Å². The van der Waals surface area contributed by atoms with Crippen molar-refractivity contribution in [2.24, 2.45) is 0 Å². The minimum absolute atomic E-state index is 0.0186. The summed E-state index contributed by atoms with van der Waals surface area (Å²) in [7, 11) is 0. The zero-order chi connectivity index (χ0) is 18.0. The lowest BCUT2D eigenvalue weighted by Crippen LogP contribution is -2.18. The Balaban J connectivity index is 2.19. The van der Waals surface area contributed by atoms with Crippen molar-refractivity contribution >= 4 is 22.6 Å². The maximum absolute atomic E-state index is 13.0. The van der Waals surface area contributed by atoms with Crippen LogP contribution < -0.4 is 10.7 Å². The maximum Gasteiger partial charge on any atom is 0.200 e. The second-order valence-corrected chi connectivity index (χ2v) is 6.15. The molecule has 1 heterocycles. The molecule has 0 aliphatic carbocycles. The maximum atomic E-state index is 13.0. The van der Waals surface area contributed by atoms with E-state index in [1.54, 1.807) is 37.3 Å². The first-order valence-electron chi connectivity index (χ1n) is 7.88. The van der Waals surface area contributed by atoms with Gasteiger partial charge in [0.1, 0.15) is 17.1 Å². The normalized spacial score (nSPS) is 11.2. The van der Waals surface area contributed by atoms with Crippen molar-refractivity contribution in [3.8, 4) is 16.9 Å². The lowest BCUT2D eigenvalue weighted by Gasteiger charge is -2.12. The summed E-state index contributed by atoms with van der Waals surface area (Å²) >= 11 is 5.92. The van der Waals surface area contributed by atoms with Gasteiger partial charge in [0.2, 0.25) is 5.43 Å². The van der Waals surface area contributed by atoms with Gasteiger partial charge in [-0.1, -0.05) is 23.7 Å². The van der Waals surface area contributed by atoms with Crippen LogP contribution in [0.2, 0.25) is 5.02 Å². The van der Waals surface area contributed by atoms with Crippen molar-refractivity contribution in [1.29, 1.82) is 0 Å². The summed E-state index contributed by atoms with van der Waals surface area (Å²) in [6.07, 6.45) is 0. The van der Waals surface area contributed by atoms with E-state index in [1.807, 2.05) is 0 Å². The van der Waals surface area contributed by atoms with Crippen LogP contribution in [0.15, 0.2) is 45.6 Å². The van der Waals surface area contributed by atoms with Gasteiger partial charge in [0, 0.05) is 18.1 Å². The molecule has 0 spiro atoms. The molecule has 3 rings (SSSR count). The Labute approximate surface area is 149 Å². The van der Waals surface area contributed by atoms with E-state index in [2.05, 4.69) is 5.32 Å². The molecule has 0 aliphatic rings. The van der Waals surface area contributed by atoms with E-state index in [9.17, 15) is 9.90 Å². The number of fused-ring (bicyclic) bond motifs is 1. The quantitative estimate of drug-likeness (QED) is 0.609. The van der Waals surface area contributed by atoms with Crippen LogP contribution in [0.3, 0.4) is 0 Å². The number of benzene rings is 2. The third kappa shape index (κ3) is 3.39. The van der Waals surface area contributed by atoms with Gasteiger partial charge in [-0.3, -0.25) is 4.79 Å². The molecule has 25 heavy (non-hydrogen) atoms. The molecule has 2 aromatic carbocycles. The Hall–Kier alpha value is -2.34. The van der Waals surface area contributed by atoms with Crippen LogP contribution in [-0.4, -0.2) is 23.4 Å². The van der Waals surface area contributed by atoms with E-state index in [-0.39, 0.29) is 24.3 Å². The minimum atomic E-state index is -0.163. The molecule has 0 radical (unpaired) electrons. The Bertz CT molecular complexity index is 964. The first kappa shape index (κ1) is 17.5. The summed E-state index contributed by atoms with van der Waals surface area (Å²) < 4.78 is 5.91. The van der Waals surface area contributed by atoms with Gasteiger partial charge in [-0.05, 0) is 36.8 Å². The van der Waals surface area contributed by atoms with Crippen LogP contribution in [0.25, 0.3) is 22.1 Å². The Kier molecular flexibility index (Phi) is 5.08. The summed E-state index contributed by atoms with van der Waals surface area (Å²) in [5.74, 6) is 0.508. The number of aryl methyl sites for hydroxylation is 1. The number of rotatable bonds is 5. The Morgan fingerprint density at radius 2 is 1.88 bits per heavy atom. The Morgan fingerprint density at radius 1 is 1.16 bits per heavy atom. The summed E-state index contributed by atoms with van der Waals surface area (Å²) in [4.78, 5) is 13.0. The van der Waals surface area contributed by atoms with Gasteiger partial charge >= 0.3 is 0 Å². The summed E-state index contributed by atoms with van der Waals surface area (Å²) in [6, 6.07) is 10.0. The number of aliphatic hydroxyl groups excluding tert-OH is 1. The minimum Gasteiger partial charge on any atom is -0.507 e. The van der Waals surface area contributed by atoms with Crippen molar-refractivity contribution in [1.82, 2.24) is 5.32 Å². The van der Waals surface area contributed by atoms with E-state index >= 15 is 0 Å². The van der Waals surface area contributed by atoms with Crippen molar-refractivity contribution in [3.63, 3.8) is 0 Å². The Morgan fingerprint density at radius 3 is 2.56 bits per heavy atom. The van der Waals surface area contributed by atoms with Crippen LogP contribution in [0.5, 0.6) is 5.75 Å². The third-order valence-corrected chi connectivity index (χ3v) is 4.29. The summed E-state index contributed by atoms with van der Waals surface area (Å²) in [6.45, 7) is 2.36. The zero-order valence-electron chi connectivity index (χ0n) is 13.7. The highest BCUT2D eigenvalue weighted by Gasteiger charge is 2.17. The first-order chi connectivity index (χ1) is 12.0. The highest BCUT2D eigenvalue weighted by Crippen LogP contribution is 2.30. The molecule has 0 unspecified atom stereocenters. The van der Waals surface area contributed by atoms with Crippen molar-refractivity contribution in [2.45, 2.75) is 13.5 Å². The first-order valence-corrected chi connectivity index (χ1v) is 8.26. The number of nitrogens with one attached hydrogen (secondary N) is 1. The van der Waals surface area contributed by atoms with Gasteiger partial charge in [0.05, 0.1) is 23.1 Å². The molecule has 0 saturated heterocycles. The molecule has 0 bridgehead atoms. The fourth-order valence-corrected chi connectivity index (χ4v) is 2.95. The van der Waals surface area contributed by atoms with Crippen molar-refractivity contribution in [2.75, 3.05) is 13.2 Å². The fraction of sp³-hybridized carbons (Fsp3) is 0.211. The van der Waals surface area contributed by atoms with Gasteiger partial charge in [0.25, 0.3) is 0 Å². The topological polar surface area (TPSA) is 82.7 Å².